The second kappa shape index (κ2) is 16.9. The van der Waals surface area contributed by atoms with Gasteiger partial charge in [-0.15, -0.1) is 0 Å². The van der Waals surface area contributed by atoms with Crippen LogP contribution in [0.5, 0.6) is 0 Å². The van der Waals surface area contributed by atoms with Gasteiger partial charge in [-0.05, 0) is 6.42 Å². The lowest BCUT2D eigenvalue weighted by molar-refractivity contribution is -0.296. The van der Waals surface area contributed by atoms with Gasteiger partial charge in [0.1, 0.15) is 36.6 Å². The average Bonchev–Trinajstić information content (AvgIpc) is 2.84. The molecule has 0 aromatic carbocycles. The molecule has 1 saturated heterocycles. The molecule has 7 atom stereocenters. The summed E-state index contributed by atoms with van der Waals surface area (Å²) in [4.78, 5) is 13.1. The van der Waals surface area contributed by atoms with Crippen LogP contribution in [-0.2, 0) is 9.53 Å². The minimum Gasteiger partial charge on any atom is -0.394 e. The molecule has 0 amide bonds. The van der Waals surface area contributed by atoms with Gasteiger partial charge in [0, 0.05) is 6.42 Å². The molecule has 0 aliphatic carbocycles. The van der Waals surface area contributed by atoms with Crippen molar-refractivity contribution in [1.29, 1.82) is 0 Å². The Kier molecular flexibility index (Phi) is 15.6. The van der Waals surface area contributed by atoms with Crippen molar-refractivity contribution >= 4 is 5.78 Å². The van der Waals surface area contributed by atoms with E-state index in [1.807, 2.05) is 0 Å². The molecule has 9 heteroatoms. The molecule has 34 heavy (non-hydrogen) atoms. The maximum Gasteiger partial charge on any atom is 0.183 e. The molecule has 202 valence electrons. The van der Waals surface area contributed by atoms with Gasteiger partial charge in [-0.3, -0.25) is 4.79 Å². The normalized spacial score (nSPS) is 29.2. The molecule has 0 saturated carbocycles. The quantitative estimate of drug-likeness (QED) is 0.130. The summed E-state index contributed by atoms with van der Waals surface area (Å²) in [5.41, 5.74) is -2.47. The minimum absolute atomic E-state index is 0.0923. The number of unbranched alkanes of at least 4 members (excludes halogenated alkanes) is 12. The smallest absolute Gasteiger partial charge is 0.183 e. The third-order valence-electron chi connectivity index (χ3n) is 6.95. The van der Waals surface area contributed by atoms with Gasteiger partial charge in [0.25, 0.3) is 0 Å². The van der Waals surface area contributed by atoms with Crippen LogP contribution in [0.15, 0.2) is 0 Å². The van der Waals surface area contributed by atoms with E-state index < -0.39 is 61.2 Å². The number of carbonyl (C=O) groups excluding carboxylic acids is 1. The molecule has 1 rings (SSSR count). The number of aliphatic hydroxyl groups excluding tert-OH is 7. The molecular weight excluding hydrogens is 444 g/mol. The maximum atomic E-state index is 13.1. The zero-order valence-corrected chi connectivity index (χ0v) is 20.7. The van der Waals surface area contributed by atoms with Crippen LogP contribution in [0, 0.1) is 0 Å². The molecule has 7 N–H and O–H groups in total. The third-order valence-corrected chi connectivity index (χ3v) is 6.95. The van der Waals surface area contributed by atoms with E-state index in [1.54, 1.807) is 0 Å². The fourth-order valence-electron chi connectivity index (χ4n) is 4.72. The average molecular weight is 493 g/mol. The molecule has 9 nitrogen and oxygen atoms in total. The molecule has 0 radical (unpaired) electrons. The SMILES string of the molecule is CCCCCCCCCCCCCCCC(=O)C1(C(O)C(O)CO)O[C@H](CO)[C@H](O)[C@H](O)[C@H]1O. The van der Waals surface area contributed by atoms with Crippen molar-refractivity contribution < 1.29 is 45.3 Å². The first kappa shape index (κ1) is 31.4. The number of hydrogen-bond acceptors (Lipinski definition) is 9. The van der Waals surface area contributed by atoms with Gasteiger partial charge < -0.3 is 40.5 Å². The van der Waals surface area contributed by atoms with Crippen LogP contribution >= 0.6 is 0 Å². The number of aliphatic hydroxyl groups is 7. The first-order valence-corrected chi connectivity index (χ1v) is 13.1. The minimum atomic E-state index is -2.47. The zero-order valence-electron chi connectivity index (χ0n) is 20.7. The van der Waals surface area contributed by atoms with Crippen molar-refractivity contribution in [2.75, 3.05) is 13.2 Å². The lowest BCUT2D eigenvalue weighted by atomic mass is 9.75. The predicted octanol–water partition coefficient (Wildman–Crippen LogP) is 0.963. The molecule has 1 fully saturated rings. The van der Waals surface area contributed by atoms with Crippen LogP contribution < -0.4 is 0 Å². The van der Waals surface area contributed by atoms with Crippen molar-refractivity contribution in [2.45, 2.75) is 139 Å². The van der Waals surface area contributed by atoms with E-state index in [-0.39, 0.29) is 6.42 Å². The molecular formula is C25H48O9. The van der Waals surface area contributed by atoms with Crippen LogP contribution in [0.4, 0.5) is 0 Å². The number of ether oxygens (including phenoxy) is 1. The van der Waals surface area contributed by atoms with E-state index in [4.69, 9.17) is 4.74 Å². The van der Waals surface area contributed by atoms with Gasteiger partial charge in [-0.25, -0.2) is 0 Å². The van der Waals surface area contributed by atoms with Crippen LogP contribution in [0.25, 0.3) is 0 Å². The number of Topliss-reactive ketones (excluding diaryl/α,β-unsaturated/α-hetero) is 1. The van der Waals surface area contributed by atoms with Crippen LogP contribution in [0.1, 0.15) is 96.8 Å². The second-order valence-electron chi connectivity index (χ2n) is 9.67. The number of carbonyl (C=O) groups is 1. The summed E-state index contributed by atoms with van der Waals surface area (Å²) in [5, 5.41) is 70.0. The van der Waals surface area contributed by atoms with Gasteiger partial charge in [0.15, 0.2) is 11.4 Å². The lowest BCUT2D eigenvalue weighted by Gasteiger charge is -2.50. The number of rotatable bonds is 19. The highest BCUT2D eigenvalue weighted by Gasteiger charge is 2.62. The molecule has 0 bridgehead atoms. The topological polar surface area (TPSA) is 168 Å². The Morgan fingerprint density at radius 1 is 0.794 bits per heavy atom. The molecule has 1 aliphatic rings. The van der Waals surface area contributed by atoms with Gasteiger partial charge in [0.05, 0.1) is 13.2 Å². The summed E-state index contributed by atoms with van der Waals surface area (Å²) in [6, 6.07) is 0. The Morgan fingerprint density at radius 3 is 1.71 bits per heavy atom. The highest BCUT2D eigenvalue weighted by molar-refractivity contribution is 5.89. The lowest BCUT2D eigenvalue weighted by Crippen LogP contribution is -2.74. The number of hydrogen-bond donors (Lipinski definition) is 7. The third kappa shape index (κ3) is 8.78. The molecule has 3 unspecified atom stereocenters. The van der Waals surface area contributed by atoms with E-state index in [0.29, 0.717) is 6.42 Å². The van der Waals surface area contributed by atoms with E-state index in [0.717, 1.165) is 25.7 Å². The monoisotopic (exact) mass is 492 g/mol. The summed E-state index contributed by atoms with van der Waals surface area (Å²) in [7, 11) is 0. The van der Waals surface area contributed by atoms with Crippen molar-refractivity contribution in [3.05, 3.63) is 0 Å². The Labute approximate surface area is 203 Å². The van der Waals surface area contributed by atoms with Crippen LogP contribution in [0.3, 0.4) is 0 Å². The Balaban J connectivity index is 2.49. The first-order chi connectivity index (χ1) is 16.3. The van der Waals surface area contributed by atoms with Crippen molar-refractivity contribution in [1.82, 2.24) is 0 Å². The van der Waals surface area contributed by atoms with Crippen LogP contribution in [0.2, 0.25) is 0 Å². The Hall–Kier alpha value is -0.650. The second-order valence-corrected chi connectivity index (χ2v) is 9.67. The van der Waals surface area contributed by atoms with Crippen molar-refractivity contribution in [2.24, 2.45) is 0 Å². The summed E-state index contributed by atoms with van der Waals surface area (Å²) >= 11 is 0. The van der Waals surface area contributed by atoms with E-state index in [9.17, 15) is 40.5 Å². The maximum absolute atomic E-state index is 13.1. The van der Waals surface area contributed by atoms with Gasteiger partial charge >= 0.3 is 0 Å². The predicted molar refractivity (Wildman–Crippen MR) is 127 cm³/mol. The van der Waals surface area contributed by atoms with Crippen molar-refractivity contribution in [3.8, 4) is 0 Å². The number of ketones is 1. The summed E-state index contributed by atoms with van der Waals surface area (Å²) in [6.07, 6.45) is 3.54. The molecule has 0 aromatic heterocycles. The van der Waals surface area contributed by atoms with Gasteiger partial charge in [-0.1, -0.05) is 84.0 Å². The standard InChI is InChI=1S/C25H48O9/c1-2-3-4-5-6-7-8-9-10-11-12-13-14-15-20(29)25(23(32)18(28)16-26)24(33)22(31)21(30)19(17-27)34-25/h18-19,21-24,26-28,30-33H,2-17H2,1H3/t18?,19-,21+,22+,23?,24-,25?/m1/s1. The first-order valence-electron chi connectivity index (χ1n) is 13.1. The highest BCUT2D eigenvalue weighted by Crippen LogP contribution is 2.36. The Bertz CT molecular complexity index is 538. The van der Waals surface area contributed by atoms with E-state index in [2.05, 4.69) is 6.92 Å². The van der Waals surface area contributed by atoms with E-state index >= 15 is 0 Å². The Morgan fingerprint density at radius 2 is 1.26 bits per heavy atom. The van der Waals surface area contributed by atoms with Crippen LogP contribution in [-0.4, -0.2) is 97.0 Å². The van der Waals surface area contributed by atoms with Gasteiger partial charge in [0.2, 0.25) is 0 Å². The fraction of sp³-hybridized carbons (Fsp3) is 0.960. The highest BCUT2D eigenvalue weighted by atomic mass is 16.6. The summed E-state index contributed by atoms with van der Waals surface area (Å²) < 4.78 is 5.45. The van der Waals surface area contributed by atoms with E-state index in [1.165, 1.54) is 51.4 Å². The van der Waals surface area contributed by atoms with Gasteiger partial charge in [-0.2, -0.15) is 0 Å². The summed E-state index contributed by atoms with van der Waals surface area (Å²) in [5.74, 6) is -0.757. The molecule has 0 spiro atoms. The molecule has 1 heterocycles. The zero-order chi connectivity index (χ0) is 25.6. The molecule has 1 aliphatic heterocycles. The fourth-order valence-corrected chi connectivity index (χ4v) is 4.72. The largest absolute Gasteiger partial charge is 0.394 e. The molecule has 0 aromatic rings. The van der Waals surface area contributed by atoms with Crippen molar-refractivity contribution in [3.63, 3.8) is 0 Å². The summed E-state index contributed by atoms with van der Waals surface area (Å²) in [6.45, 7) is 0.530.